The molecule has 6 nitrogen and oxygen atoms in total. The summed E-state index contributed by atoms with van der Waals surface area (Å²) >= 11 is 0. The van der Waals surface area contributed by atoms with Gasteiger partial charge in [-0.3, -0.25) is 0 Å². The topological polar surface area (TPSA) is 83.9 Å². The first-order valence-electron chi connectivity index (χ1n) is 7.97. The van der Waals surface area contributed by atoms with Crippen molar-refractivity contribution in [1.82, 2.24) is 4.31 Å². The quantitative estimate of drug-likeness (QED) is 0.778. The third-order valence-electron chi connectivity index (χ3n) is 3.90. The van der Waals surface area contributed by atoms with Crippen molar-refractivity contribution in [1.29, 1.82) is 0 Å². The fraction of sp³-hybridized carbons (Fsp3) is 0.278. The highest BCUT2D eigenvalue weighted by Gasteiger charge is 2.31. The summed E-state index contributed by atoms with van der Waals surface area (Å²) in [5.74, 6) is -1.34. The molecule has 28 heavy (non-hydrogen) atoms. The van der Waals surface area contributed by atoms with Gasteiger partial charge in [0.1, 0.15) is 5.75 Å². The van der Waals surface area contributed by atoms with Crippen molar-refractivity contribution in [3.63, 3.8) is 0 Å². The highest BCUT2D eigenvalue weighted by atomic mass is 32.2. The minimum atomic E-state index is -4.61. The van der Waals surface area contributed by atoms with Crippen LogP contribution in [-0.2, 0) is 21.0 Å². The highest BCUT2D eigenvalue weighted by Crippen LogP contribution is 2.38. The normalized spacial score (nSPS) is 13.4. The Hall–Kier alpha value is -2.59. The molecule has 0 fully saturated rings. The number of hydrogen-bond acceptors (Lipinski definition) is 4. The van der Waals surface area contributed by atoms with Crippen molar-refractivity contribution in [3.05, 3.63) is 48.0 Å². The zero-order valence-electron chi connectivity index (χ0n) is 15.2. The van der Waals surface area contributed by atoms with Crippen LogP contribution in [-0.4, -0.2) is 44.0 Å². The fourth-order valence-electron chi connectivity index (χ4n) is 2.29. The SMILES string of the molecule is C[C@H](Oc1ccc(C(F)(F)F)cc1-c1ccc(S(=O)(=O)N(C)C)cc1)C(=O)O. The number of sulfonamides is 1. The van der Waals surface area contributed by atoms with Crippen LogP contribution in [0.1, 0.15) is 12.5 Å². The smallest absolute Gasteiger partial charge is 0.416 e. The van der Waals surface area contributed by atoms with Gasteiger partial charge in [-0.1, -0.05) is 12.1 Å². The molecule has 0 radical (unpaired) electrons. The van der Waals surface area contributed by atoms with Crippen molar-refractivity contribution in [2.24, 2.45) is 0 Å². The number of carboxylic acids is 1. The monoisotopic (exact) mass is 417 g/mol. The van der Waals surface area contributed by atoms with Crippen LogP contribution in [0.4, 0.5) is 13.2 Å². The largest absolute Gasteiger partial charge is 0.479 e. The highest BCUT2D eigenvalue weighted by molar-refractivity contribution is 7.89. The van der Waals surface area contributed by atoms with Gasteiger partial charge in [0.2, 0.25) is 10.0 Å². The van der Waals surface area contributed by atoms with E-state index >= 15 is 0 Å². The minimum absolute atomic E-state index is 0.00303. The second-order valence-electron chi connectivity index (χ2n) is 6.12. The molecule has 0 saturated heterocycles. The Morgan fingerprint density at radius 1 is 1.11 bits per heavy atom. The van der Waals surface area contributed by atoms with Gasteiger partial charge in [0.05, 0.1) is 10.5 Å². The lowest BCUT2D eigenvalue weighted by Gasteiger charge is -2.17. The van der Waals surface area contributed by atoms with Crippen molar-refractivity contribution in [3.8, 4) is 16.9 Å². The van der Waals surface area contributed by atoms with Gasteiger partial charge >= 0.3 is 12.1 Å². The Kier molecular flexibility index (Phi) is 6.05. The van der Waals surface area contributed by atoms with Gasteiger partial charge < -0.3 is 9.84 Å². The van der Waals surface area contributed by atoms with E-state index in [2.05, 4.69) is 0 Å². The lowest BCUT2D eigenvalue weighted by atomic mass is 10.0. The molecule has 152 valence electrons. The number of alkyl halides is 3. The molecular weight excluding hydrogens is 399 g/mol. The third-order valence-corrected chi connectivity index (χ3v) is 5.73. The summed E-state index contributed by atoms with van der Waals surface area (Å²) in [6.07, 6.45) is -5.90. The zero-order valence-corrected chi connectivity index (χ0v) is 16.0. The number of halogens is 3. The fourth-order valence-corrected chi connectivity index (χ4v) is 3.19. The van der Waals surface area contributed by atoms with Crippen LogP contribution in [0.15, 0.2) is 47.4 Å². The third kappa shape index (κ3) is 4.63. The van der Waals surface area contributed by atoms with E-state index in [1.165, 1.54) is 45.3 Å². The lowest BCUT2D eigenvalue weighted by molar-refractivity contribution is -0.144. The Morgan fingerprint density at radius 3 is 2.14 bits per heavy atom. The summed E-state index contributed by atoms with van der Waals surface area (Å²) in [6.45, 7) is 1.25. The molecule has 0 heterocycles. The molecule has 0 aliphatic carbocycles. The van der Waals surface area contributed by atoms with E-state index in [0.29, 0.717) is 0 Å². The molecule has 1 atom stereocenters. The van der Waals surface area contributed by atoms with Gasteiger partial charge in [-0.25, -0.2) is 17.5 Å². The molecule has 0 amide bonds. The first-order valence-corrected chi connectivity index (χ1v) is 9.41. The van der Waals surface area contributed by atoms with E-state index in [1.54, 1.807) is 0 Å². The summed E-state index contributed by atoms with van der Waals surface area (Å²) in [5, 5.41) is 8.99. The summed E-state index contributed by atoms with van der Waals surface area (Å²) in [4.78, 5) is 11.0. The van der Waals surface area contributed by atoms with Crippen LogP contribution < -0.4 is 4.74 Å². The van der Waals surface area contributed by atoms with E-state index in [0.717, 1.165) is 22.5 Å². The molecule has 0 aliphatic rings. The Morgan fingerprint density at radius 2 is 1.68 bits per heavy atom. The van der Waals surface area contributed by atoms with Crippen LogP contribution in [0, 0.1) is 0 Å². The number of rotatable bonds is 6. The van der Waals surface area contributed by atoms with Crippen LogP contribution in [0.3, 0.4) is 0 Å². The molecule has 2 aromatic rings. The molecule has 0 spiro atoms. The maximum atomic E-state index is 13.1. The molecule has 0 aliphatic heterocycles. The number of carbonyl (C=O) groups is 1. The van der Waals surface area contributed by atoms with Crippen molar-refractivity contribution in [2.75, 3.05) is 14.1 Å². The number of nitrogens with zero attached hydrogens (tertiary/aromatic N) is 1. The Balaban J connectivity index is 2.56. The van der Waals surface area contributed by atoms with Crippen LogP contribution in [0.2, 0.25) is 0 Å². The summed E-state index contributed by atoms with van der Waals surface area (Å²) in [6, 6.07) is 7.86. The van der Waals surface area contributed by atoms with E-state index < -0.39 is 33.8 Å². The van der Waals surface area contributed by atoms with Crippen LogP contribution >= 0.6 is 0 Å². The average Bonchev–Trinajstić information content (AvgIpc) is 2.61. The van der Waals surface area contributed by atoms with Crippen molar-refractivity contribution >= 4 is 16.0 Å². The molecule has 0 bridgehead atoms. The Labute approximate surface area is 160 Å². The van der Waals surface area contributed by atoms with Gasteiger partial charge in [-0.2, -0.15) is 13.2 Å². The molecule has 1 N–H and O–H groups in total. The average molecular weight is 417 g/mol. The first kappa shape index (κ1) is 21.7. The molecule has 2 rings (SSSR count). The van der Waals surface area contributed by atoms with E-state index in [4.69, 9.17) is 9.84 Å². The molecular formula is C18H18F3NO5S. The number of carboxylic acid groups (broad SMARTS) is 1. The van der Waals surface area contributed by atoms with Gasteiger partial charge in [-0.15, -0.1) is 0 Å². The van der Waals surface area contributed by atoms with E-state index in [9.17, 15) is 26.4 Å². The van der Waals surface area contributed by atoms with Crippen molar-refractivity contribution < 1.29 is 36.2 Å². The van der Waals surface area contributed by atoms with Crippen LogP contribution in [0.25, 0.3) is 11.1 Å². The number of aliphatic carboxylic acids is 1. The van der Waals surface area contributed by atoms with Gasteiger partial charge in [-0.05, 0) is 42.8 Å². The summed E-state index contributed by atoms with van der Waals surface area (Å²) in [5.41, 5.74) is -0.698. The second-order valence-corrected chi connectivity index (χ2v) is 8.27. The van der Waals surface area contributed by atoms with E-state index in [-0.39, 0.29) is 21.8 Å². The zero-order chi connectivity index (χ0) is 21.3. The summed E-state index contributed by atoms with van der Waals surface area (Å²) < 4.78 is 69.8. The molecule has 0 unspecified atom stereocenters. The van der Waals surface area contributed by atoms with Gasteiger partial charge in [0, 0.05) is 19.7 Å². The second kappa shape index (κ2) is 7.80. The number of hydrogen-bond donors (Lipinski definition) is 1. The van der Waals surface area contributed by atoms with Crippen molar-refractivity contribution in [2.45, 2.75) is 24.1 Å². The molecule has 0 aromatic heterocycles. The Bertz CT molecular complexity index is 970. The number of benzene rings is 2. The number of ether oxygens (including phenoxy) is 1. The summed E-state index contributed by atoms with van der Waals surface area (Å²) in [7, 11) is -0.990. The molecule has 0 saturated carbocycles. The lowest BCUT2D eigenvalue weighted by Crippen LogP contribution is -2.23. The van der Waals surface area contributed by atoms with Gasteiger partial charge in [0.15, 0.2) is 6.10 Å². The first-order chi connectivity index (χ1) is 12.8. The standard InChI is InChI=1S/C18H18F3NO5S/c1-11(17(23)24)27-16-9-6-13(18(19,20)21)10-15(16)12-4-7-14(8-5-12)28(25,26)22(2)3/h4-11H,1-3H3,(H,23,24)/t11-/m0/s1. The molecule has 10 heteroatoms. The molecule has 2 aromatic carbocycles. The van der Waals surface area contributed by atoms with Gasteiger partial charge in [0.25, 0.3) is 0 Å². The predicted molar refractivity (Wildman–Crippen MR) is 95.5 cm³/mol. The minimum Gasteiger partial charge on any atom is -0.479 e. The van der Waals surface area contributed by atoms with Crippen LogP contribution in [0.5, 0.6) is 5.75 Å². The maximum Gasteiger partial charge on any atom is 0.416 e. The predicted octanol–water partition coefficient (Wildman–Crippen LogP) is 3.47. The van der Waals surface area contributed by atoms with E-state index in [1.807, 2.05) is 0 Å². The maximum absolute atomic E-state index is 13.1.